The third-order valence-corrected chi connectivity index (χ3v) is 5.42. The number of pyridine rings is 1. The first kappa shape index (κ1) is 23.8. The Morgan fingerprint density at radius 1 is 1.20 bits per heavy atom. The molecule has 4 N–H and O–H groups in total. The highest BCUT2D eigenvalue weighted by Crippen LogP contribution is 2.26. The number of nitrogens with one attached hydrogen (secondary N) is 2. The fourth-order valence-corrected chi connectivity index (χ4v) is 4.08. The number of likely N-dealkylation sites (tertiary alicyclic amines) is 1. The van der Waals surface area contributed by atoms with Crippen LogP contribution < -0.4 is 10.8 Å². The summed E-state index contributed by atoms with van der Waals surface area (Å²) < 4.78 is 0. The standard InChI is InChI=1S/C20H30N4O2.C2H4O2/c25-20(23-26)11-9-16-8-10-19(21-13-16)22-18-7-4-12-24(15-18)14-17-5-2-1-3-6-17;1-2(3)4/h8-11,13,17-18,26H,1-7,12,14-15H2,(H,21,22)(H,23,25);1H3,(H,3,4)/t18-;/m1./s1. The Bertz CT molecular complexity index is 683. The molecule has 1 saturated heterocycles. The maximum atomic E-state index is 11.0. The van der Waals surface area contributed by atoms with E-state index in [-0.39, 0.29) is 0 Å². The minimum Gasteiger partial charge on any atom is -0.481 e. The van der Waals surface area contributed by atoms with Crippen LogP contribution in [0.15, 0.2) is 24.4 Å². The molecular formula is C22H34N4O4. The van der Waals surface area contributed by atoms with Gasteiger partial charge in [0.1, 0.15) is 5.82 Å². The van der Waals surface area contributed by atoms with E-state index in [1.165, 1.54) is 64.1 Å². The summed E-state index contributed by atoms with van der Waals surface area (Å²) in [7, 11) is 0. The highest BCUT2D eigenvalue weighted by Gasteiger charge is 2.23. The Morgan fingerprint density at radius 3 is 2.57 bits per heavy atom. The molecule has 1 aliphatic carbocycles. The summed E-state index contributed by atoms with van der Waals surface area (Å²) in [5, 5.41) is 19.5. The fraction of sp³-hybridized carbons (Fsp3) is 0.591. The van der Waals surface area contributed by atoms with E-state index in [1.807, 2.05) is 12.1 Å². The number of amides is 1. The Kier molecular flexibility index (Phi) is 10.3. The van der Waals surface area contributed by atoms with Crippen LogP contribution in [0.3, 0.4) is 0 Å². The minimum atomic E-state index is -0.833. The number of hydroxylamine groups is 1. The number of carbonyl (C=O) groups excluding carboxylic acids is 1. The number of carbonyl (C=O) groups is 2. The van der Waals surface area contributed by atoms with Crippen LogP contribution in [0.25, 0.3) is 6.08 Å². The third kappa shape index (κ3) is 9.37. The molecule has 1 amide bonds. The average Bonchev–Trinajstić information content (AvgIpc) is 2.73. The number of hydrogen-bond acceptors (Lipinski definition) is 6. The quantitative estimate of drug-likeness (QED) is 0.319. The summed E-state index contributed by atoms with van der Waals surface area (Å²) in [4.78, 5) is 27.1. The molecule has 2 fully saturated rings. The van der Waals surface area contributed by atoms with E-state index >= 15 is 0 Å². The molecule has 8 nitrogen and oxygen atoms in total. The lowest BCUT2D eigenvalue weighted by Gasteiger charge is -2.36. The van der Waals surface area contributed by atoms with E-state index in [0.29, 0.717) is 6.04 Å². The monoisotopic (exact) mass is 418 g/mol. The van der Waals surface area contributed by atoms with Crippen molar-refractivity contribution in [2.45, 2.75) is 57.9 Å². The number of rotatable bonds is 6. The predicted octanol–water partition coefficient (Wildman–Crippen LogP) is 3.15. The van der Waals surface area contributed by atoms with Gasteiger partial charge in [0.05, 0.1) is 0 Å². The first-order chi connectivity index (χ1) is 14.5. The van der Waals surface area contributed by atoms with Gasteiger partial charge in [-0.15, -0.1) is 0 Å². The molecule has 166 valence electrons. The topological polar surface area (TPSA) is 115 Å². The van der Waals surface area contributed by atoms with Crippen LogP contribution in [0, 0.1) is 5.92 Å². The zero-order valence-electron chi connectivity index (χ0n) is 17.7. The zero-order chi connectivity index (χ0) is 21.8. The number of aliphatic carboxylic acids is 1. The number of piperidine rings is 1. The van der Waals surface area contributed by atoms with Crippen molar-refractivity contribution in [3.05, 3.63) is 30.0 Å². The van der Waals surface area contributed by atoms with Crippen molar-refractivity contribution in [3.63, 3.8) is 0 Å². The van der Waals surface area contributed by atoms with Crippen molar-refractivity contribution in [2.75, 3.05) is 25.0 Å². The Balaban J connectivity index is 0.000000735. The Hall–Kier alpha value is -2.45. The summed E-state index contributed by atoms with van der Waals surface area (Å²) in [6.45, 7) is 4.65. The first-order valence-corrected chi connectivity index (χ1v) is 10.7. The van der Waals surface area contributed by atoms with Crippen LogP contribution in [0.1, 0.15) is 57.4 Å². The smallest absolute Gasteiger partial charge is 0.300 e. The summed E-state index contributed by atoms with van der Waals surface area (Å²) in [6.07, 6.45) is 14.1. The van der Waals surface area contributed by atoms with Crippen LogP contribution >= 0.6 is 0 Å². The van der Waals surface area contributed by atoms with Crippen LogP contribution in [0.4, 0.5) is 5.82 Å². The van der Waals surface area contributed by atoms with Crippen molar-refractivity contribution in [3.8, 4) is 0 Å². The van der Waals surface area contributed by atoms with Gasteiger partial charge in [-0.2, -0.15) is 0 Å². The van der Waals surface area contributed by atoms with Crippen LogP contribution in [-0.4, -0.2) is 57.8 Å². The molecule has 30 heavy (non-hydrogen) atoms. The number of carboxylic acids is 1. The molecule has 3 rings (SSSR count). The lowest BCUT2D eigenvalue weighted by molar-refractivity contribution is -0.134. The molecule has 1 aliphatic heterocycles. The van der Waals surface area contributed by atoms with Crippen molar-refractivity contribution in [1.82, 2.24) is 15.4 Å². The van der Waals surface area contributed by atoms with E-state index in [4.69, 9.17) is 15.1 Å². The third-order valence-electron chi connectivity index (χ3n) is 5.42. The summed E-state index contributed by atoms with van der Waals surface area (Å²) in [5.74, 6) is 0.383. The summed E-state index contributed by atoms with van der Waals surface area (Å²) in [5.41, 5.74) is 2.39. The van der Waals surface area contributed by atoms with Crippen LogP contribution in [-0.2, 0) is 9.59 Å². The summed E-state index contributed by atoms with van der Waals surface area (Å²) >= 11 is 0. The molecule has 0 unspecified atom stereocenters. The molecule has 2 heterocycles. The second-order valence-corrected chi connectivity index (χ2v) is 8.05. The van der Waals surface area contributed by atoms with E-state index < -0.39 is 11.9 Å². The van der Waals surface area contributed by atoms with Crippen molar-refractivity contribution in [1.29, 1.82) is 0 Å². The molecule has 0 aromatic carbocycles. The Labute approximate surface area is 178 Å². The van der Waals surface area contributed by atoms with Gasteiger partial charge in [0, 0.05) is 38.3 Å². The molecule has 1 saturated carbocycles. The molecule has 0 spiro atoms. The average molecular weight is 419 g/mol. The van der Waals surface area contributed by atoms with E-state index in [1.54, 1.807) is 17.8 Å². The van der Waals surface area contributed by atoms with Crippen molar-refractivity contribution >= 4 is 23.8 Å². The molecule has 0 bridgehead atoms. The Morgan fingerprint density at radius 2 is 1.93 bits per heavy atom. The van der Waals surface area contributed by atoms with Crippen molar-refractivity contribution < 1.29 is 19.9 Å². The van der Waals surface area contributed by atoms with Gasteiger partial charge in [0.2, 0.25) is 0 Å². The second-order valence-electron chi connectivity index (χ2n) is 8.05. The molecule has 1 atom stereocenters. The number of carboxylic acid groups (broad SMARTS) is 1. The van der Waals surface area contributed by atoms with Gasteiger partial charge in [0.25, 0.3) is 11.9 Å². The lowest BCUT2D eigenvalue weighted by atomic mass is 9.88. The van der Waals surface area contributed by atoms with Gasteiger partial charge in [-0.1, -0.05) is 19.3 Å². The highest BCUT2D eigenvalue weighted by atomic mass is 16.5. The zero-order valence-corrected chi connectivity index (χ0v) is 17.7. The molecule has 2 aliphatic rings. The number of anilines is 1. The maximum absolute atomic E-state index is 11.0. The van der Waals surface area contributed by atoms with Gasteiger partial charge >= 0.3 is 0 Å². The number of nitrogens with zero attached hydrogens (tertiary/aromatic N) is 2. The van der Waals surface area contributed by atoms with Gasteiger partial charge in [-0.3, -0.25) is 14.8 Å². The highest BCUT2D eigenvalue weighted by molar-refractivity contribution is 5.90. The summed E-state index contributed by atoms with van der Waals surface area (Å²) in [6, 6.07) is 4.30. The van der Waals surface area contributed by atoms with Gasteiger partial charge < -0.3 is 15.3 Å². The van der Waals surface area contributed by atoms with Gasteiger partial charge in [-0.25, -0.2) is 10.5 Å². The normalized spacial score (nSPS) is 20.3. The lowest BCUT2D eigenvalue weighted by Crippen LogP contribution is -2.44. The van der Waals surface area contributed by atoms with Crippen LogP contribution in [0.2, 0.25) is 0 Å². The SMILES string of the molecule is CC(=O)O.O=C(C=Cc1ccc(N[C@@H]2CCCN(CC3CCCCC3)C2)nc1)NO. The van der Waals surface area contributed by atoms with E-state index in [9.17, 15) is 4.79 Å². The first-order valence-electron chi connectivity index (χ1n) is 10.7. The van der Waals surface area contributed by atoms with Crippen LogP contribution in [0.5, 0.6) is 0 Å². The molecule has 1 aromatic rings. The predicted molar refractivity (Wildman–Crippen MR) is 116 cm³/mol. The molecule has 1 aromatic heterocycles. The molecule has 8 heteroatoms. The molecule has 0 radical (unpaired) electrons. The largest absolute Gasteiger partial charge is 0.481 e. The number of hydrogen-bond donors (Lipinski definition) is 4. The molecular weight excluding hydrogens is 384 g/mol. The number of aromatic nitrogens is 1. The second kappa shape index (κ2) is 13.0. The fourth-order valence-electron chi connectivity index (χ4n) is 4.08. The van der Waals surface area contributed by atoms with E-state index in [0.717, 1.165) is 30.8 Å². The van der Waals surface area contributed by atoms with E-state index in [2.05, 4.69) is 15.2 Å². The van der Waals surface area contributed by atoms with Gasteiger partial charge in [0.15, 0.2) is 0 Å². The van der Waals surface area contributed by atoms with Gasteiger partial charge in [-0.05, 0) is 61.9 Å². The minimum absolute atomic E-state index is 0.446. The maximum Gasteiger partial charge on any atom is 0.300 e. The van der Waals surface area contributed by atoms with Crippen molar-refractivity contribution in [2.24, 2.45) is 5.92 Å².